The van der Waals surface area contributed by atoms with Gasteiger partial charge in [-0.3, -0.25) is 0 Å². The van der Waals surface area contributed by atoms with Crippen molar-refractivity contribution in [3.63, 3.8) is 0 Å². The Morgan fingerprint density at radius 2 is 2.04 bits per heavy atom. The van der Waals surface area contributed by atoms with Gasteiger partial charge in [0.1, 0.15) is 12.2 Å². The molecule has 6 nitrogen and oxygen atoms in total. The van der Waals surface area contributed by atoms with E-state index in [2.05, 4.69) is 29.5 Å². The van der Waals surface area contributed by atoms with Gasteiger partial charge in [-0.2, -0.15) is 5.26 Å². The van der Waals surface area contributed by atoms with Crippen molar-refractivity contribution in [1.29, 1.82) is 5.26 Å². The number of nitrogens with one attached hydrogen (secondary N) is 2. The van der Waals surface area contributed by atoms with Gasteiger partial charge in [-0.25, -0.2) is 9.78 Å². The number of pyridine rings is 1. The molecule has 1 aliphatic carbocycles. The van der Waals surface area contributed by atoms with E-state index in [1.54, 1.807) is 12.1 Å². The number of hydrogen-bond donors (Lipinski definition) is 2. The molecule has 0 saturated heterocycles. The second-order valence-electron chi connectivity index (χ2n) is 6.22. The quantitative estimate of drug-likeness (QED) is 0.839. The highest BCUT2D eigenvalue weighted by Gasteiger charge is 2.24. The molecular formula is C18H26N4O2. The molecule has 0 aromatic carbocycles. The third kappa shape index (κ3) is 5.41. The molecule has 2 N–H and O–H groups in total. The monoisotopic (exact) mass is 330 g/mol. The number of nitriles is 1. The molecule has 24 heavy (non-hydrogen) atoms. The number of amides is 2. The van der Waals surface area contributed by atoms with Gasteiger partial charge in [-0.15, -0.1) is 0 Å². The fraction of sp³-hybridized carbons (Fsp3) is 0.611. The van der Waals surface area contributed by atoms with E-state index in [1.807, 2.05) is 6.07 Å². The summed E-state index contributed by atoms with van der Waals surface area (Å²) in [5.41, 5.74) is 0.527. The van der Waals surface area contributed by atoms with Crippen LogP contribution in [0.1, 0.15) is 57.9 Å². The Kier molecular flexibility index (Phi) is 6.86. The smallest absolute Gasteiger partial charge is 0.315 e. The zero-order chi connectivity index (χ0) is 17.4. The Morgan fingerprint density at radius 1 is 1.33 bits per heavy atom. The maximum atomic E-state index is 12.0. The van der Waals surface area contributed by atoms with E-state index < -0.39 is 0 Å². The first-order chi connectivity index (χ1) is 11.6. The largest absolute Gasteiger partial charge is 0.474 e. The molecule has 0 spiro atoms. The fourth-order valence-corrected chi connectivity index (χ4v) is 2.92. The molecule has 1 fully saturated rings. The molecular weight excluding hydrogens is 304 g/mol. The summed E-state index contributed by atoms with van der Waals surface area (Å²) in [6.07, 6.45) is 7.10. The summed E-state index contributed by atoms with van der Waals surface area (Å²) in [5, 5.41) is 14.8. The Labute approximate surface area is 143 Å². The molecule has 0 bridgehead atoms. The minimum atomic E-state index is -0.0678. The summed E-state index contributed by atoms with van der Waals surface area (Å²) >= 11 is 0. The molecule has 1 aliphatic rings. The van der Waals surface area contributed by atoms with Gasteiger partial charge in [0.05, 0.1) is 5.56 Å². The maximum absolute atomic E-state index is 12.0. The molecule has 1 saturated carbocycles. The van der Waals surface area contributed by atoms with Crippen LogP contribution >= 0.6 is 0 Å². The Morgan fingerprint density at radius 3 is 2.58 bits per heavy atom. The lowest BCUT2D eigenvalue weighted by Crippen LogP contribution is -2.47. The van der Waals surface area contributed by atoms with Crippen molar-refractivity contribution >= 4 is 6.03 Å². The fourth-order valence-electron chi connectivity index (χ4n) is 2.92. The summed E-state index contributed by atoms with van der Waals surface area (Å²) in [5.74, 6) is 0.553. The van der Waals surface area contributed by atoms with Crippen LogP contribution < -0.4 is 15.4 Å². The third-order valence-electron chi connectivity index (χ3n) is 4.48. The van der Waals surface area contributed by atoms with Crippen LogP contribution in [0.4, 0.5) is 4.79 Å². The predicted octanol–water partition coefficient (Wildman–Crippen LogP) is 3.13. The number of carbonyl (C=O) groups is 1. The molecule has 1 aromatic rings. The average Bonchev–Trinajstić information content (AvgIpc) is 2.62. The van der Waals surface area contributed by atoms with E-state index in [9.17, 15) is 4.79 Å². The zero-order valence-corrected chi connectivity index (χ0v) is 14.4. The summed E-state index contributed by atoms with van der Waals surface area (Å²) in [6, 6.07) is 5.85. The summed E-state index contributed by atoms with van der Waals surface area (Å²) in [6.45, 7) is 4.16. The molecule has 6 heteroatoms. The lowest BCUT2D eigenvalue weighted by molar-refractivity contribution is 0.134. The van der Waals surface area contributed by atoms with E-state index in [4.69, 9.17) is 10.00 Å². The van der Waals surface area contributed by atoms with Crippen molar-refractivity contribution in [2.24, 2.45) is 0 Å². The van der Waals surface area contributed by atoms with Crippen molar-refractivity contribution in [3.8, 4) is 11.9 Å². The molecule has 0 radical (unpaired) electrons. The number of ether oxygens (including phenoxy) is 1. The summed E-state index contributed by atoms with van der Waals surface area (Å²) in [7, 11) is 0. The van der Waals surface area contributed by atoms with Gasteiger partial charge < -0.3 is 15.4 Å². The molecule has 0 atom stereocenters. The highest BCUT2D eigenvalue weighted by atomic mass is 16.5. The van der Waals surface area contributed by atoms with Gasteiger partial charge in [0.15, 0.2) is 0 Å². The maximum Gasteiger partial charge on any atom is 0.315 e. The van der Waals surface area contributed by atoms with Crippen LogP contribution in [0.3, 0.4) is 0 Å². The van der Waals surface area contributed by atoms with Crippen LogP contribution in [0, 0.1) is 11.3 Å². The van der Waals surface area contributed by atoms with Crippen LogP contribution in [0.25, 0.3) is 0 Å². The first-order valence-electron chi connectivity index (χ1n) is 8.74. The number of nitrogens with zero attached hydrogens (tertiary/aromatic N) is 2. The topological polar surface area (TPSA) is 87.0 Å². The van der Waals surface area contributed by atoms with Crippen LogP contribution in [-0.4, -0.2) is 29.2 Å². The first-order valence-corrected chi connectivity index (χ1v) is 8.74. The Bertz CT molecular complexity index is 555. The van der Waals surface area contributed by atoms with Crippen LogP contribution in [0.5, 0.6) is 5.88 Å². The highest BCUT2D eigenvalue weighted by Crippen LogP contribution is 2.23. The van der Waals surface area contributed by atoms with Crippen LogP contribution in [0.2, 0.25) is 0 Å². The van der Waals surface area contributed by atoms with Crippen molar-refractivity contribution in [3.05, 3.63) is 23.9 Å². The molecule has 1 heterocycles. The van der Waals surface area contributed by atoms with Crippen molar-refractivity contribution in [1.82, 2.24) is 15.6 Å². The van der Waals surface area contributed by atoms with Crippen molar-refractivity contribution < 1.29 is 9.53 Å². The minimum Gasteiger partial charge on any atom is -0.474 e. The number of hydrogen-bond acceptors (Lipinski definition) is 4. The van der Waals surface area contributed by atoms with E-state index in [0.29, 0.717) is 11.4 Å². The lowest BCUT2D eigenvalue weighted by atomic mass is 9.93. The van der Waals surface area contributed by atoms with E-state index >= 15 is 0 Å². The van der Waals surface area contributed by atoms with Gasteiger partial charge in [0.2, 0.25) is 5.88 Å². The SMILES string of the molecule is CCC(CC)NC(=O)NC1CCC(Oc2ccc(C#N)cn2)CC1. The van der Waals surface area contributed by atoms with Crippen molar-refractivity contribution in [2.75, 3.05) is 0 Å². The third-order valence-corrected chi connectivity index (χ3v) is 4.48. The summed E-state index contributed by atoms with van der Waals surface area (Å²) < 4.78 is 5.86. The molecule has 0 aliphatic heterocycles. The van der Waals surface area contributed by atoms with Crippen LogP contribution in [0.15, 0.2) is 18.3 Å². The predicted molar refractivity (Wildman–Crippen MR) is 91.7 cm³/mol. The Hall–Kier alpha value is -2.29. The number of aromatic nitrogens is 1. The number of carbonyl (C=O) groups excluding carboxylic acids is 1. The van der Waals surface area contributed by atoms with Crippen LogP contribution in [-0.2, 0) is 0 Å². The van der Waals surface area contributed by atoms with Gasteiger partial charge in [0.25, 0.3) is 0 Å². The summed E-state index contributed by atoms with van der Waals surface area (Å²) in [4.78, 5) is 16.1. The number of urea groups is 1. The van der Waals surface area contributed by atoms with E-state index in [0.717, 1.165) is 38.5 Å². The molecule has 130 valence electrons. The average molecular weight is 330 g/mol. The van der Waals surface area contributed by atoms with Gasteiger partial charge in [-0.05, 0) is 44.6 Å². The second kappa shape index (κ2) is 9.11. The normalized spacial score (nSPS) is 20.2. The van der Waals surface area contributed by atoms with Gasteiger partial charge in [-0.1, -0.05) is 13.8 Å². The van der Waals surface area contributed by atoms with Gasteiger partial charge in [0, 0.05) is 24.3 Å². The van der Waals surface area contributed by atoms with Crippen molar-refractivity contribution in [2.45, 2.75) is 70.6 Å². The zero-order valence-electron chi connectivity index (χ0n) is 14.4. The second-order valence-corrected chi connectivity index (χ2v) is 6.22. The van der Waals surface area contributed by atoms with E-state index in [-0.39, 0.29) is 24.2 Å². The minimum absolute atomic E-state index is 0.0678. The molecule has 1 aromatic heterocycles. The lowest BCUT2D eigenvalue weighted by Gasteiger charge is -2.29. The Balaban J connectivity index is 1.72. The first kappa shape index (κ1) is 18.1. The van der Waals surface area contributed by atoms with Gasteiger partial charge >= 0.3 is 6.03 Å². The highest BCUT2D eigenvalue weighted by molar-refractivity contribution is 5.74. The molecule has 2 amide bonds. The molecule has 0 unspecified atom stereocenters. The number of rotatable bonds is 6. The van der Waals surface area contributed by atoms with E-state index in [1.165, 1.54) is 6.20 Å². The molecule has 2 rings (SSSR count). The standard InChI is InChI=1S/C18H26N4O2/c1-3-14(4-2)21-18(23)22-15-6-8-16(9-7-15)24-17-10-5-13(11-19)12-20-17/h5,10,12,14-16H,3-4,6-9H2,1-2H3,(H2,21,22,23).